The van der Waals surface area contributed by atoms with Gasteiger partial charge >= 0.3 is 6.18 Å². The molecule has 0 radical (unpaired) electrons. The van der Waals surface area contributed by atoms with Crippen LogP contribution in [0.3, 0.4) is 0 Å². The molecule has 1 aliphatic heterocycles. The standard InChI is InChI=1S/C23H26F3N3O/c1-13(2)20-17-10-15(14-6-8-27-9-7-14)4-5-19(17)28-21(20)16-11-18(23(24,25)26)22(30)29(3)12-16/h4-5,10-14,27-28H,6-9H2,1-3H3. The summed E-state index contributed by atoms with van der Waals surface area (Å²) in [4.78, 5) is 15.4. The molecule has 0 aliphatic carbocycles. The lowest BCUT2D eigenvalue weighted by atomic mass is 9.88. The largest absolute Gasteiger partial charge is 0.421 e. The van der Waals surface area contributed by atoms with Gasteiger partial charge in [-0.2, -0.15) is 13.2 Å². The summed E-state index contributed by atoms with van der Waals surface area (Å²) in [7, 11) is 1.36. The first-order valence-corrected chi connectivity index (χ1v) is 10.3. The molecule has 1 fully saturated rings. The molecule has 2 N–H and O–H groups in total. The molecule has 0 saturated carbocycles. The first-order valence-electron chi connectivity index (χ1n) is 10.3. The second kappa shape index (κ2) is 7.61. The second-order valence-corrected chi connectivity index (χ2v) is 8.45. The van der Waals surface area contributed by atoms with Crippen molar-refractivity contribution in [3.05, 3.63) is 57.5 Å². The Hall–Kier alpha value is -2.54. The van der Waals surface area contributed by atoms with Crippen LogP contribution in [0, 0.1) is 0 Å². The minimum atomic E-state index is -4.70. The van der Waals surface area contributed by atoms with Gasteiger partial charge in [0.15, 0.2) is 0 Å². The number of alkyl halides is 3. The van der Waals surface area contributed by atoms with Crippen molar-refractivity contribution in [1.82, 2.24) is 14.9 Å². The van der Waals surface area contributed by atoms with Crippen LogP contribution < -0.4 is 10.9 Å². The molecule has 1 aliphatic rings. The van der Waals surface area contributed by atoms with Gasteiger partial charge in [-0.15, -0.1) is 0 Å². The van der Waals surface area contributed by atoms with Gasteiger partial charge in [0.1, 0.15) is 5.56 Å². The molecule has 4 nitrogen and oxygen atoms in total. The van der Waals surface area contributed by atoms with E-state index in [4.69, 9.17) is 0 Å². The third-order valence-electron chi connectivity index (χ3n) is 6.03. The van der Waals surface area contributed by atoms with E-state index in [2.05, 4.69) is 22.4 Å². The van der Waals surface area contributed by atoms with Crippen LogP contribution >= 0.6 is 0 Å². The fourth-order valence-electron chi connectivity index (χ4n) is 4.52. The number of rotatable bonds is 3. The minimum Gasteiger partial charge on any atom is -0.354 e. The van der Waals surface area contributed by atoms with Gasteiger partial charge in [-0.05, 0) is 67.1 Å². The van der Waals surface area contributed by atoms with Crippen LogP contribution in [-0.4, -0.2) is 22.6 Å². The molecule has 4 rings (SSSR count). The zero-order valence-corrected chi connectivity index (χ0v) is 17.4. The summed E-state index contributed by atoms with van der Waals surface area (Å²) in [5, 5.41) is 4.42. The van der Waals surface area contributed by atoms with Gasteiger partial charge in [0.25, 0.3) is 5.56 Å². The van der Waals surface area contributed by atoms with Crippen molar-refractivity contribution in [3.63, 3.8) is 0 Å². The second-order valence-electron chi connectivity index (χ2n) is 8.45. The first-order chi connectivity index (χ1) is 14.2. The maximum absolute atomic E-state index is 13.4. The summed E-state index contributed by atoms with van der Waals surface area (Å²) in [6, 6.07) is 7.29. The highest BCUT2D eigenvalue weighted by atomic mass is 19.4. The molecule has 0 amide bonds. The lowest BCUT2D eigenvalue weighted by Crippen LogP contribution is -2.26. The average molecular weight is 417 g/mol. The average Bonchev–Trinajstić information content (AvgIpc) is 3.08. The molecule has 3 aromatic rings. The van der Waals surface area contributed by atoms with Gasteiger partial charge in [0, 0.05) is 29.7 Å². The Bertz CT molecular complexity index is 1140. The summed E-state index contributed by atoms with van der Waals surface area (Å²) < 4.78 is 41.3. The molecule has 160 valence electrons. The van der Waals surface area contributed by atoms with Gasteiger partial charge in [0.05, 0.1) is 5.69 Å². The van der Waals surface area contributed by atoms with Crippen LogP contribution in [0.25, 0.3) is 22.2 Å². The van der Waals surface area contributed by atoms with E-state index in [0.717, 1.165) is 53.0 Å². The smallest absolute Gasteiger partial charge is 0.354 e. The fraction of sp³-hybridized carbons (Fsp3) is 0.435. The van der Waals surface area contributed by atoms with Crippen LogP contribution in [-0.2, 0) is 13.2 Å². The lowest BCUT2D eigenvalue weighted by molar-refractivity contribution is -0.138. The van der Waals surface area contributed by atoms with Crippen molar-refractivity contribution in [2.75, 3.05) is 13.1 Å². The molecule has 3 heterocycles. The molecule has 0 spiro atoms. The van der Waals surface area contributed by atoms with Crippen molar-refractivity contribution in [3.8, 4) is 11.3 Å². The van der Waals surface area contributed by atoms with Crippen molar-refractivity contribution < 1.29 is 13.2 Å². The Balaban J connectivity index is 1.90. The quantitative estimate of drug-likeness (QED) is 0.620. The van der Waals surface area contributed by atoms with Gasteiger partial charge in [-0.25, -0.2) is 0 Å². The number of nitrogens with zero attached hydrogens (tertiary/aromatic N) is 1. The van der Waals surface area contributed by atoms with E-state index in [9.17, 15) is 18.0 Å². The van der Waals surface area contributed by atoms with Crippen LogP contribution in [0.1, 0.15) is 55.2 Å². The molecule has 2 aromatic heterocycles. The Morgan fingerprint density at radius 1 is 1.13 bits per heavy atom. The molecular weight excluding hydrogens is 391 g/mol. The molecule has 1 aromatic carbocycles. The van der Waals surface area contributed by atoms with E-state index >= 15 is 0 Å². The maximum atomic E-state index is 13.4. The summed E-state index contributed by atoms with van der Waals surface area (Å²) >= 11 is 0. The van der Waals surface area contributed by atoms with Gasteiger partial charge < -0.3 is 14.9 Å². The maximum Gasteiger partial charge on any atom is 0.421 e. The molecule has 7 heteroatoms. The number of aromatic nitrogens is 2. The number of benzene rings is 1. The van der Waals surface area contributed by atoms with Crippen LogP contribution in [0.15, 0.2) is 35.3 Å². The normalized spacial score (nSPS) is 16.0. The Morgan fingerprint density at radius 3 is 2.47 bits per heavy atom. The SMILES string of the molecule is CC(C)c1c(-c2cc(C(F)(F)F)c(=O)n(C)c2)[nH]c2ccc(C3CCNCC3)cc12. The third kappa shape index (κ3) is 3.67. The summed E-state index contributed by atoms with van der Waals surface area (Å²) in [6.45, 7) is 6.07. The van der Waals surface area contributed by atoms with Gasteiger partial charge in [-0.3, -0.25) is 4.79 Å². The van der Waals surface area contributed by atoms with Crippen LogP contribution in [0.2, 0.25) is 0 Å². The van der Waals surface area contributed by atoms with E-state index in [0.29, 0.717) is 17.2 Å². The Morgan fingerprint density at radius 2 is 1.83 bits per heavy atom. The summed E-state index contributed by atoms with van der Waals surface area (Å²) in [5.41, 5.74) is 1.97. The van der Waals surface area contributed by atoms with E-state index in [1.807, 2.05) is 19.9 Å². The number of fused-ring (bicyclic) bond motifs is 1. The predicted molar refractivity (Wildman–Crippen MR) is 113 cm³/mol. The number of aryl methyl sites for hydroxylation is 1. The number of nitrogens with one attached hydrogen (secondary N) is 2. The molecular formula is C23H26F3N3O. The number of hydrogen-bond acceptors (Lipinski definition) is 2. The van der Waals surface area contributed by atoms with Gasteiger partial charge in [-0.1, -0.05) is 19.9 Å². The monoisotopic (exact) mass is 417 g/mol. The highest BCUT2D eigenvalue weighted by molar-refractivity contribution is 5.92. The van der Waals surface area contributed by atoms with Crippen molar-refractivity contribution in [2.24, 2.45) is 7.05 Å². The van der Waals surface area contributed by atoms with Crippen molar-refractivity contribution in [1.29, 1.82) is 0 Å². The Kier molecular flexibility index (Phi) is 5.26. The topological polar surface area (TPSA) is 49.8 Å². The van der Waals surface area contributed by atoms with Crippen molar-refractivity contribution in [2.45, 2.75) is 44.7 Å². The summed E-state index contributed by atoms with van der Waals surface area (Å²) in [6.07, 6.45) is -1.07. The van der Waals surface area contributed by atoms with Crippen LogP contribution in [0.5, 0.6) is 0 Å². The van der Waals surface area contributed by atoms with Crippen LogP contribution in [0.4, 0.5) is 13.2 Å². The lowest BCUT2D eigenvalue weighted by Gasteiger charge is -2.23. The van der Waals surface area contributed by atoms with E-state index in [1.54, 1.807) is 0 Å². The molecule has 0 bridgehead atoms. The zero-order chi connectivity index (χ0) is 21.6. The Labute approximate surface area is 173 Å². The third-order valence-corrected chi connectivity index (χ3v) is 6.03. The predicted octanol–water partition coefficient (Wildman–Crippen LogP) is 5.14. The molecule has 0 unspecified atom stereocenters. The van der Waals surface area contributed by atoms with E-state index in [1.165, 1.54) is 18.8 Å². The van der Waals surface area contributed by atoms with E-state index in [-0.39, 0.29) is 5.92 Å². The molecule has 0 atom stereocenters. The number of H-pyrrole nitrogens is 1. The first kappa shape index (κ1) is 20.7. The number of hydrogen-bond donors (Lipinski definition) is 2. The zero-order valence-electron chi connectivity index (χ0n) is 17.4. The molecule has 1 saturated heterocycles. The van der Waals surface area contributed by atoms with Gasteiger partial charge in [0.2, 0.25) is 0 Å². The molecule has 30 heavy (non-hydrogen) atoms. The van der Waals surface area contributed by atoms with E-state index < -0.39 is 17.3 Å². The number of halogens is 3. The number of piperidine rings is 1. The number of aromatic amines is 1. The summed E-state index contributed by atoms with van der Waals surface area (Å²) in [5.74, 6) is 0.590. The van der Waals surface area contributed by atoms with Crippen molar-refractivity contribution >= 4 is 10.9 Å². The highest BCUT2D eigenvalue weighted by Gasteiger charge is 2.35. The fourth-order valence-corrected chi connectivity index (χ4v) is 4.52. The minimum absolute atomic E-state index is 0.101. The highest BCUT2D eigenvalue weighted by Crippen LogP contribution is 2.39. The number of pyridine rings is 1.